The predicted molar refractivity (Wildman–Crippen MR) is 100 cm³/mol. The highest BCUT2D eigenvalue weighted by Gasteiger charge is 2.31. The maximum Gasteiger partial charge on any atom is 0.573 e. The maximum atomic E-state index is 12.2. The highest BCUT2D eigenvalue weighted by atomic mass is 35.5. The van der Waals surface area contributed by atoms with E-state index in [9.17, 15) is 18.0 Å². The highest BCUT2D eigenvalue weighted by molar-refractivity contribution is 6.30. The summed E-state index contributed by atoms with van der Waals surface area (Å²) >= 11 is 5.90. The number of rotatable bonds is 6. The second-order valence-electron chi connectivity index (χ2n) is 5.99. The molecule has 1 aromatic heterocycles. The lowest BCUT2D eigenvalue weighted by atomic mass is 10.2. The van der Waals surface area contributed by atoms with Gasteiger partial charge in [-0.2, -0.15) is 0 Å². The van der Waals surface area contributed by atoms with Crippen molar-refractivity contribution >= 4 is 23.2 Å². The van der Waals surface area contributed by atoms with Crippen molar-refractivity contribution in [3.05, 3.63) is 76.7 Å². The number of carbonyl (C=O) groups is 1. The highest BCUT2D eigenvalue weighted by Crippen LogP contribution is 2.25. The fourth-order valence-electron chi connectivity index (χ4n) is 2.43. The molecule has 1 amide bonds. The number of halogens is 4. The van der Waals surface area contributed by atoms with Gasteiger partial charge >= 0.3 is 6.36 Å². The van der Waals surface area contributed by atoms with Gasteiger partial charge in [0.05, 0.1) is 0 Å². The number of alkyl halides is 3. The van der Waals surface area contributed by atoms with Crippen LogP contribution in [0.4, 0.5) is 18.9 Å². The smallest absolute Gasteiger partial charge is 0.485 e. The van der Waals surface area contributed by atoms with E-state index in [0.29, 0.717) is 16.5 Å². The van der Waals surface area contributed by atoms with Crippen molar-refractivity contribution in [1.82, 2.24) is 0 Å². The molecule has 1 heterocycles. The van der Waals surface area contributed by atoms with Crippen LogP contribution in [0.1, 0.15) is 21.9 Å². The molecule has 3 aromatic rings. The number of aryl methyl sites for hydroxylation is 1. The third-order valence-corrected chi connectivity index (χ3v) is 3.97. The van der Waals surface area contributed by atoms with E-state index in [2.05, 4.69) is 10.1 Å². The summed E-state index contributed by atoms with van der Waals surface area (Å²) in [5, 5.41) is 3.13. The van der Waals surface area contributed by atoms with Crippen LogP contribution in [0.15, 0.2) is 59.0 Å². The lowest BCUT2D eigenvalue weighted by Crippen LogP contribution is -2.17. The zero-order valence-electron chi connectivity index (χ0n) is 15.0. The van der Waals surface area contributed by atoms with Crippen LogP contribution in [-0.2, 0) is 6.61 Å². The van der Waals surface area contributed by atoms with Gasteiger partial charge in [0.1, 0.15) is 23.9 Å². The Labute approximate surface area is 169 Å². The number of ether oxygens (including phenoxy) is 2. The van der Waals surface area contributed by atoms with Gasteiger partial charge in [-0.15, -0.1) is 13.2 Å². The first kappa shape index (κ1) is 20.6. The van der Waals surface area contributed by atoms with E-state index in [0.717, 1.165) is 17.7 Å². The average Bonchev–Trinajstić information content (AvgIpc) is 3.10. The van der Waals surface area contributed by atoms with Gasteiger partial charge in [0.15, 0.2) is 5.76 Å². The summed E-state index contributed by atoms with van der Waals surface area (Å²) in [6, 6.07) is 13.0. The van der Waals surface area contributed by atoms with E-state index >= 15 is 0 Å². The number of amides is 1. The molecule has 2 aromatic carbocycles. The standard InChI is InChI=1S/C20H15ClF3NO4/c1-12-10-13(21)2-8-17(12)27-11-16-7-9-18(28-16)19(26)25-14-3-5-15(6-4-14)29-20(22,23)24/h2-10H,11H2,1H3,(H,25,26). The van der Waals surface area contributed by atoms with Gasteiger partial charge in [-0.05, 0) is 67.1 Å². The van der Waals surface area contributed by atoms with Gasteiger partial charge < -0.3 is 19.2 Å². The number of anilines is 1. The van der Waals surface area contributed by atoms with E-state index in [1.807, 2.05) is 6.92 Å². The Kier molecular flexibility index (Phi) is 6.03. The molecule has 1 N–H and O–H groups in total. The van der Waals surface area contributed by atoms with Gasteiger partial charge in [0.25, 0.3) is 5.91 Å². The molecule has 0 unspecified atom stereocenters. The van der Waals surface area contributed by atoms with Crippen molar-refractivity contribution in [3.8, 4) is 11.5 Å². The van der Waals surface area contributed by atoms with Crippen LogP contribution < -0.4 is 14.8 Å². The number of benzene rings is 2. The zero-order valence-corrected chi connectivity index (χ0v) is 15.8. The summed E-state index contributed by atoms with van der Waals surface area (Å²) in [4.78, 5) is 12.2. The summed E-state index contributed by atoms with van der Waals surface area (Å²) in [5.74, 6) is 0.164. The molecule has 0 saturated heterocycles. The first-order valence-electron chi connectivity index (χ1n) is 8.34. The third-order valence-electron chi connectivity index (χ3n) is 3.74. The van der Waals surface area contributed by atoms with Crippen LogP contribution in [0.3, 0.4) is 0 Å². The summed E-state index contributed by atoms with van der Waals surface area (Å²) in [7, 11) is 0. The van der Waals surface area contributed by atoms with Crippen molar-refractivity contribution in [2.75, 3.05) is 5.32 Å². The van der Waals surface area contributed by atoms with Crippen molar-refractivity contribution in [2.45, 2.75) is 19.9 Å². The van der Waals surface area contributed by atoms with E-state index in [4.69, 9.17) is 20.8 Å². The quantitative estimate of drug-likeness (QED) is 0.528. The molecule has 152 valence electrons. The molecule has 0 spiro atoms. The van der Waals surface area contributed by atoms with E-state index in [1.165, 1.54) is 18.2 Å². The topological polar surface area (TPSA) is 60.7 Å². The minimum Gasteiger partial charge on any atom is -0.485 e. The van der Waals surface area contributed by atoms with E-state index < -0.39 is 12.3 Å². The van der Waals surface area contributed by atoms with Gasteiger partial charge in [0, 0.05) is 10.7 Å². The SMILES string of the molecule is Cc1cc(Cl)ccc1OCc1ccc(C(=O)Nc2ccc(OC(F)(F)F)cc2)o1. The largest absolute Gasteiger partial charge is 0.573 e. The Balaban J connectivity index is 1.57. The minimum atomic E-state index is -4.78. The first-order chi connectivity index (χ1) is 13.7. The first-order valence-corrected chi connectivity index (χ1v) is 8.72. The molecule has 0 aliphatic heterocycles. The summed E-state index contributed by atoms with van der Waals surface area (Å²) in [5.41, 5.74) is 1.15. The molecule has 0 fully saturated rings. The molecule has 0 aliphatic rings. The van der Waals surface area contributed by atoms with Crippen LogP contribution in [0.2, 0.25) is 5.02 Å². The summed E-state index contributed by atoms with van der Waals surface area (Å²) < 4.78 is 51.4. The molecule has 0 radical (unpaired) electrons. The Morgan fingerprint density at radius 3 is 2.48 bits per heavy atom. The molecular formula is C20H15ClF3NO4. The number of hydrogen-bond donors (Lipinski definition) is 1. The second kappa shape index (κ2) is 8.48. The molecule has 9 heteroatoms. The second-order valence-corrected chi connectivity index (χ2v) is 6.43. The average molecular weight is 426 g/mol. The Morgan fingerprint density at radius 2 is 1.83 bits per heavy atom. The zero-order chi connectivity index (χ0) is 21.0. The number of nitrogens with one attached hydrogen (secondary N) is 1. The molecular weight excluding hydrogens is 411 g/mol. The Bertz CT molecular complexity index is 1000. The van der Waals surface area contributed by atoms with Gasteiger partial charge in [-0.1, -0.05) is 11.6 Å². The lowest BCUT2D eigenvalue weighted by Gasteiger charge is -2.09. The van der Waals surface area contributed by atoms with Crippen LogP contribution in [0.25, 0.3) is 0 Å². The van der Waals surface area contributed by atoms with Crippen molar-refractivity contribution in [2.24, 2.45) is 0 Å². The van der Waals surface area contributed by atoms with E-state index in [1.54, 1.807) is 24.3 Å². The predicted octanol–water partition coefficient (Wildman–Crippen LogP) is 5.97. The number of furan rings is 1. The van der Waals surface area contributed by atoms with E-state index in [-0.39, 0.29) is 23.8 Å². The van der Waals surface area contributed by atoms with Crippen LogP contribution in [0.5, 0.6) is 11.5 Å². The monoisotopic (exact) mass is 425 g/mol. The van der Waals surface area contributed by atoms with Gasteiger partial charge in [0.2, 0.25) is 0 Å². The molecule has 29 heavy (non-hydrogen) atoms. The Hall–Kier alpha value is -3.13. The van der Waals surface area contributed by atoms with Crippen molar-refractivity contribution in [1.29, 1.82) is 0 Å². The molecule has 0 bridgehead atoms. The third kappa shape index (κ3) is 5.92. The molecule has 0 aliphatic carbocycles. The molecule has 0 saturated carbocycles. The fraction of sp³-hybridized carbons (Fsp3) is 0.150. The number of hydrogen-bond acceptors (Lipinski definition) is 4. The summed E-state index contributed by atoms with van der Waals surface area (Å²) in [6.07, 6.45) is -4.78. The van der Waals surface area contributed by atoms with Crippen LogP contribution in [0, 0.1) is 6.92 Å². The van der Waals surface area contributed by atoms with Crippen molar-refractivity contribution in [3.63, 3.8) is 0 Å². The Morgan fingerprint density at radius 1 is 1.10 bits per heavy atom. The van der Waals surface area contributed by atoms with Crippen molar-refractivity contribution < 1.29 is 31.9 Å². The fourth-order valence-corrected chi connectivity index (χ4v) is 2.66. The van der Waals surface area contributed by atoms with Gasteiger partial charge in [-0.3, -0.25) is 4.79 Å². The number of carbonyl (C=O) groups excluding carboxylic acids is 1. The molecule has 3 rings (SSSR count). The molecule has 5 nitrogen and oxygen atoms in total. The van der Waals surface area contributed by atoms with Gasteiger partial charge in [-0.25, -0.2) is 0 Å². The lowest BCUT2D eigenvalue weighted by molar-refractivity contribution is -0.274. The summed E-state index contributed by atoms with van der Waals surface area (Å²) in [6.45, 7) is 1.96. The minimum absolute atomic E-state index is 0.0343. The maximum absolute atomic E-state index is 12.2. The molecule has 0 atom stereocenters. The van der Waals surface area contributed by atoms with Crippen LogP contribution >= 0.6 is 11.6 Å². The van der Waals surface area contributed by atoms with Crippen LogP contribution in [-0.4, -0.2) is 12.3 Å². The normalized spacial score (nSPS) is 11.2.